The molecule has 0 radical (unpaired) electrons. The molecule has 0 fully saturated rings. The Morgan fingerprint density at radius 2 is 2.11 bits per heavy atom. The summed E-state index contributed by atoms with van der Waals surface area (Å²) in [7, 11) is 1.61. The lowest BCUT2D eigenvalue weighted by Crippen LogP contribution is -2.21. The van der Waals surface area contributed by atoms with E-state index in [0.29, 0.717) is 13.5 Å². The third-order valence-corrected chi connectivity index (χ3v) is 3.39. The van der Waals surface area contributed by atoms with Gasteiger partial charge in [0.15, 0.2) is 0 Å². The van der Waals surface area contributed by atoms with E-state index in [0.717, 1.165) is 6.07 Å². The smallest absolute Gasteiger partial charge is 0.293 e. The molecule has 4 nitrogen and oxygen atoms in total. The molecule has 0 heterocycles. The molecule has 1 rings (SSSR count). The third-order valence-electron chi connectivity index (χ3n) is 2.57. The summed E-state index contributed by atoms with van der Waals surface area (Å²) >= 11 is 8.60. The fourth-order valence-electron chi connectivity index (χ4n) is 1.59. The van der Waals surface area contributed by atoms with Crippen LogP contribution in [0.15, 0.2) is 16.6 Å². The Kier molecular flexibility index (Phi) is 5.09. The van der Waals surface area contributed by atoms with Crippen LogP contribution in [0, 0.1) is 10.1 Å². The first-order valence-corrected chi connectivity index (χ1v) is 6.64. The van der Waals surface area contributed by atoms with Crippen LogP contribution in [0.5, 0.6) is 0 Å². The predicted octanol–water partition coefficient (Wildman–Crippen LogP) is 4.14. The molecule has 19 heavy (non-hydrogen) atoms. The van der Waals surface area contributed by atoms with Crippen LogP contribution < -0.4 is 4.90 Å². The van der Waals surface area contributed by atoms with E-state index in [9.17, 15) is 18.9 Å². The van der Waals surface area contributed by atoms with E-state index < -0.39 is 16.4 Å². The molecule has 0 aliphatic carbocycles. The van der Waals surface area contributed by atoms with Gasteiger partial charge in [-0.1, -0.05) is 15.9 Å². The minimum absolute atomic E-state index is 0.127. The van der Waals surface area contributed by atoms with E-state index in [-0.39, 0.29) is 21.7 Å². The number of rotatable bonds is 5. The van der Waals surface area contributed by atoms with Crippen LogP contribution in [0.3, 0.4) is 0 Å². The van der Waals surface area contributed by atoms with Crippen LogP contribution in [0.25, 0.3) is 0 Å². The molecule has 0 aliphatic heterocycles. The van der Waals surface area contributed by atoms with Gasteiger partial charge in [0.1, 0.15) is 5.69 Å². The summed E-state index contributed by atoms with van der Waals surface area (Å²) in [4.78, 5) is 11.9. The minimum Gasteiger partial charge on any atom is -0.368 e. The summed E-state index contributed by atoms with van der Waals surface area (Å²) in [6.45, 7) is 1.07. The van der Waals surface area contributed by atoms with Gasteiger partial charge in [0.2, 0.25) is 0 Å². The van der Waals surface area contributed by atoms with Crippen LogP contribution in [0.4, 0.5) is 20.2 Å². The minimum atomic E-state index is -3.16. The zero-order chi connectivity index (χ0) is 14.8. The van der Waals surface area contributed by atoms with Gasteiger partial charge in [-0.25, -0.2) is 8.78 Å². The Hall–Kier alpha value is -0.950. The molecule has 0 amide bonds. The summed E-state index contributed by atoms with van der Waals surface area (Å²) in [5.41, 5.74) is -0.542. The van der Waals surface area contributed by atoms with Crippen molar-refractivity contribution in [1.82, 2.24) is 0 Å². The normalized spacial score (nSPS) is 11.5. The quantitative estimate of drug-likeness (QED) is 0.452. The number of alkyl halides is 3. The SMILES string of the molecule is CN(CCCl)c1cc(Br)c(C(C)(F)F)cc1[N+](=O)[O-]. The lowest BCUT2D eigenvalue weighted by Gasteiger charge is -2.20. The first-order valence-electron chi connectivity index (χ1n) is 5.31. The second-order valence-corrected chi connectivity index (χ2v) is 5.31. The maximum absolute atomic E-state index is 13.4. The van der Waals surface area contributed by atoms with Gasteiger partial charge in [-0.2, -0.15) is 0 Å². The van der Waals surface area contributed by atoms with E-state index in [4.69, 9.17) is 11.6 Å². The molecule has 0 saturated heterocycles. The van der Waals surface area contributed by atoms with E-state index in [1.165, 1.54) is 6.07 Å². The first-order chi connectivity index (χ1) is 8.68. The van der Waals surface area contributed by atoms with Crippen LogP contribution in [0.1, 0.15) is 12.5 Å². The lowest BCUT2D eigenvalue weighted by atomic mass is 10.1. The fraction of sp³-hybridized carbons (Fsp3) is 0.455. The van der Waals surface area contributed by atoms with Crippen molar-refractivity contribution < 1.29 is 13.7 Å². The first kappa shape index (κ1) is 16.1. The van der Waals surface area contributed by atoms with Gasteiger partial charge in [0.05, 0.1) is 4.92 Å². The molecule has 0 unspecified atom stereocenters. The number of halogens is 4. The standard InChI is InChI=1S/C11H12BrClF2N2O2/c1-11(14,15)7-5-10(17(18)19)9(6-8(7)12)16(2)4-3-13/h5-6H,3-4H2,1-2H3. The Bertz CT molecular complexity index is 494. The van der Waals surface area contributed by atoms with Gasteiger partial charge in [-0.05, 0) is 6.07 Å². The van der Waals surface area contributed by atoms with Crippen molar-refractivity contribution in [3.63, 3.8) is 0 Å². The van der Waals surface area contributed by atoms with Crippen molar-refractivity contribution in [1.29, 1.82) is 0 Å². The lowest BCUT2D eigenvalue weighted by molar-refractivity contribution is -0.384. The van der Waals surface area contributed by atoms with E-state index in [1.54, 1.807) is 11.9 Å². The number of hydrogen-bond acceptors (Lipinski definition) is 3. The molecule has 8 heteroatoms. The number of benzene rings is 1. The van der Waals surface area contributed by atoms with Gasteiger partial charge in [-0.3, -0.25) is 10.1 Å². The molecule has 0 spiro atoms. The summed E-state index contributed by atoms with van der Waals surface area (Å²) in [6.07, 6.45) is 0. The zero-order valence-corrected chi connectivity index (χ0v) is 12.6. The molecular weight excluding hydrogens is 345 g/mol. The fourth-order valence-corrected chi connectivity index (χ4v) is 2.52. The molecular formula is C11H12BrClF2N2O2. The molecule has 0 atom stereocenters. The summed E-state index contributed by atoms with van der Waals surface area (Å²) in [5.74, 6) is -2.88. The van der Waals surface area contributed by atoms with E-state index in [2.05, 4.69) is 15.9 Å². The highest BCUT2D eigenvalue weighted by molar-refractivity contribution is 9.10. The van der Waals surface area contributed by atoms with E-state index >= 15 is 0 Å². The largest absolute Gasteiger partial charge is 0.368 e. The Balaban J connectivity index is 3.42. The Morgan fingerprint density at radius 1 is 1.53 bits per heavy atom. The highest BCUT2D eigenvalue weighted by atomic mass is 79.9. The topological polar surface area (TPSA) is 46.4 Å². The molecule has 1 aromatic carbocycles. The second kappa shape index (κ2) is 6.00. The molecule has 0 aliphatic rings. The summed E-state index contributed by atoms with van der Waals surface area (Å²) in [6, 6.07) is 2.21. The van der Waals surface area contributed by atoms with Crippen molar-refractivity contribution in [2.24, 2.45) is 0 Å². The predicted molar refractivity (Wildman–Crippen MR) is 74.4 cm³/mol. The van der Waals surface area contributed by atoms with Crippen molar-refractivity contribution in [2.75, 3.05) is 24.4 Å². The maximum Gasteiger partial charge on any atom is 0.293 e. The van der Waals surface area contributed by atoms with Crippen LogP contribution in [-0.4, -0.2) is 24.4 Å². The van der Waals surface area contributed by atoms with Crippen molar-refractivity contribution >= 4 is 38.9 Å². The van der Waals surface area contributed by atoms with Crippen LogP contribution in [-0.2, 0) is 5.92 Å². The molecule has 1 aromatic rings. The molecule has 0 saturated carbocycles. The Labute approximate surface area is 122 Å². The molecule has 0 N–H and O–H groups in total. The number of anilines is 1. The molecule has 0 aromatic heterocycles. The van der Waals surface area contributed by atoms with Gasteiger partial charge in [0.25, 0.3) is 11.6 Å². The van der Waals surface area contributed by atoms with Crippen molar-refractivity contribution in [3.8, 4) is 0 Å². The number of nitrogens with zero attached hydrogens (tertiary/aromatic N) is 2. The monoisotopic (exact) mass is 356 g/mol. The average molecular weight is 358 g/mol. The average Bonchev–Trinajstić information content (AvgIpc) is 2.26. The van der Waals surface area contributed by atoms with E-state index in [1.807, 2.05) is 0 Å². The molecule has 0 bridgehead atoms. The third kappa shape index (κ3) is 3.76. The molecule has 106 valence electrons. The highest BCUT2D eigenvalue weighted by Crippen LogP contribution is 2.40. The van der Waals surface area contributed by atoms with Crippen molar-refractivity contribution in [2.45, 2.75) is 12.8 Å². The van der Waals surface area contributed by atoms with Gasteiger partial charge in [-0.15, -0.1) is 11.6 Å². The van der Waals surface area contributed by atoms with Gasteiger partial charge >= 0.3 is 0 Å². The maximum atomic E-state index is 13.4. The van der Waals surface area contributed by atoms with Gasteiger partial charge in [0, 0.05) is 42.5 Å². The summed E-state index contributed by atoms with van der Waals surface area (Å²) < 4.78 is 26.8. The Morgan fingerprint density at radius 3 is 2.53 bits per heavy atom. The number of nitro benzene ring substituents is 1. The van der Waals surface area contributed by atoms with Crippen LogP contribution in [0.2, 0.25) is 0 Å². The van der Waals surface area contributed by atoms with Crippen LogP contribution >= 0.6 is 27.5 Å². The van der Waals surface area contributed by atoms with Gasteiger partial charge < -0.3 is 4.90 Å². The second-order valence-electron chi connectivity index (χ2n) is 4.08. The summed E-state index contributed by atoms with van der Waals surface area (Å²) in [5, 5.41) is 11.0. The zero-order valence-electron chi connectivity index (χ0n) is 10.3. The van der Waals surface area contributed by atoms with Crippen molar-refractivity contribution in [3.05, 3.63) is 32.3 Å². The number of nitro groups is 1. The number of hydrogen-bond donors (Lipinski definition) is 0. The highest BCUT2D eigenvalue weighted by Gasteiger charge is 2.31.